The van der Waals surface area contributed by atoms with E-state index in [2.05, 4.69) is 31.0 Å². The fourth-order valence-corrected chi connectivity index (χ4v) is 2.09. The summed E-state index contributed by atoms with van der Waals surface area (Å²) >= 11 is 0. The van der Waals surface area contributed by atoms with Crippen LogP contribution >= 0.6 is 0 Å². The van der Waals surface area contributed by atoms with Crippen LogP contribution in [0.1, 0.15) is 38.4 Å². The zero-order chi connectivity index (χ0) is 12.3. The first-order valence-corrected chi connectivity index (χ1v) is 6.27. The summed E-state index contributed by atoms with van der Waals surface area (Å²) < 4.78 is 0. The molecule has 0 saturated carbocycles. The van der Waals surface area contributed by atoms with Crippen molar-refractivity contribution < 1.29 is 0 Å². The predicted octanol–water partition coefficient (Wildman–Crippen LogP) is 3.67. The molecule has 0 amide bonds. The highest BCUT2D eigenvalue weighted by Crippen LogP contribution is 2.24. The van der Waals surface area contributed by atoms with Gasteiger partial charge in [-0.25, -0.2) is 0 Å². The summed E-state index contributed by atoms with van der Waals surface area (Å²) in [6.07, 6.45) is 4.00. The maximum absolute atomic E-state index is 6.25. The minimum absolute atomic E-state index is 0.0449. The fourth-order valence-electron chi connectivity index (χ4n) is 2.09. The average molecular weight is 228 g/mol. The standard InChI is InChI=1S/C15H20N2/c1-11(2)7-8-14(16)15-13-6-4-3-5-12(13)9-10-17-15/h3-6,9-11,14H,7-8,16H2,1-2H3. The van der Waals surface area contributed by atoms with Crippen LogP contribution in [0.25, 0.3) is 10.8 Å². The van der Waals surface area contributed by atoms with Crippen molar-refractivity contribution in [3.8, 4) is 0 Å². The molecule has 90 valence electrons. The Labute approximate surface area is 103 Å². The van der Waals surface area contributed by atoms with Crippen molar-refractivity contribution in [2.75, 3.05) is 0 Å². The molecule has 0 fully saturated rings. The topological polar surface area (TPSA) is 38.9 Å². The quantitative estimate of drug-likeness (QED) is 0.867. The lowest BCUT2D eigenvalue weighted by molar-refractivity contribution is 0.503. The Morgan fingerprint density at radius 3 is 2.65 bits per heavy atom. The second kappa shape index (κ2) is 5.28. The Bertz CT molecular complexity index is 486. The third kappa shape index (κ3) is 2.83. The van der Waals surface area contributed by atoms with Crippen LogP contribution in [0.4, 0.5) is 0 Å². The third-order valence-electron chi connectivity index (χ3n) is 3.11. The number of nitrogens with two attached hydrogens (primary N) is 1. The Balaban J connectivity index is 2.28. The van der Waals surface area contributed by atoms with Crippen LogP contribution in [-0.4, -0.2) is 4.98 Å². The highest BCUT2D eigenvalue weighted by molar-refractivity contribution is 5.84. The predicted molar refractivity (Wildman–Crippen MR) is 72.7 cm³/mol. The molecule has 1 heterocycles. The van der Waals surface area contributed by atoms with Gasteiger partial charge >= 0.3 is 0 Å². The molecule has 0 aliphatic heterocycles. The highest BCUT2D eigenvalue weighted by Gasteiger charge is 2.11. The molecule has 2 N–H and O–H groups in total. The van der Waals surface area contributed by atoms with E-state index < -0.39 is 0 Å². The molecule has 0 saturated heterocycles. The molecule has 1 aromatic carbocycles. The van der Waals surface area contributed by atoms with Gasteiger partial charge in [-0.1, -0.05) is 38.1 Å². The van der Waals surface area contributed by atoms with Gasteiger partial charge in [0, 0.05) is 17.6 Å². The Morgan fingerprint density at radius 1 is 1.12 bits per heavy atom. The molecule has 2 heteroatoms. The fraction of sp³-hybridized carbons (Fsp3) is 0.400. The van der Waals surface area contributed by atoms with Gasteiger partial charge in [-0.05, 0) is 30.2 Å². The van der Waals surface area contributed by atoms with E-state index in [9.17, 15) is 0 Å². The molecule has 2 nitrogen and oxygen atoms in total. The van der Waals surface area contributed by atoms with E-state index in [0.29, 0.717) is 5.92 Å². The molecule has 1 atom stereocenters. The van der Waals surface area contributed by atoms with Crippen LogP contribution in [0.3, 0.4) is 0 Å². The SMILES string of the molecule is CC(C)CCC(N)c1nccc2ccccc12. The number of pyridine rings is 1. The van der Waals surface area contributed by atoms with E-state index in [1.807, 2.05) is 24.4 Å². The summed E-state index contributed by atoms with van der Waals surface area (Å²) in [5.41, 5.74) is 7.28. The smallest absolute Gasteiger partial charge is 0.0649 e. The first-order valence-electron chi connectivity index (χ1n) is 6.27. The lowest BCUT2D eigenvalue weighted by atomic mass is 9.98. The van der Waals surface area contributed by atoms with E-state index in [1.54, 1.807) is 0 Å². The summed E-state index contributed by atoms with van der Waals surface area (Å²) in [4.78, 5) is 4.46. The molecule has 2 aromatic rings. The first-order chi connectivity index (χ1) is 8.18. The summed E-state index contributed by atoms with van der Waals surface area (Å²) in [5, 5.41) is 2.41. The highest BCUT2D eigenvalue weighted by atomic mass is 14.8. The molecular weight excluding hydrogens is 208 g/mol. The Hall–Kier alpha value is -1.41. The van der Waals surface area contributed by atoms with Gasteiger partial charge in [0.25, 0.3) is 0 Å². The molecule has 17 heavy (non-hydrogen) atoms. The normalized spacial score (nSPS) is 13.2. The van der Waals surface area contributed by atoms with Gasteiger partial charge in [0.2, 0.25) is 0 Å². The zero-order valence-corrected chi connectivity index (χ0v) is 10.6. The average Bonchev–Trinajstić information content (AvgIpc) is 2.35. The molecule has 2 rings (SSSR count). The number of fused-ring (bicyclic) bond motifs is 1. The van der Waals surface area contributed by atoms with Crippen LogP contribution in [-0.2, 0) is 0 Å². The van der Waals surface area contributed by atoms with Crippen LogP contribution in [0.5, 0.6) is 0 Å². The maximum Gasteiger partial charge on any atom is 0.0649 e. The van der Waals surface area contributed by atoms with Crippen molar-refractivity contribution in [2.24, 2.45) is 11.7 Å². The van der Waals surface area contributed by atoms with Crippen molar-refractivity contribution in [2.45, 2.75) is 32.7 Å². The first kappa shape index (κ1) is 12.1. The van der Waals surface area contributed by atoms with Gasteiger partial charge in [-0.2, -0.15) is 0 Å². The summed E-state index contributed by atoms with van der Waals surface area (Å²) in [6.45, 7) is 4.45. The zero-order valence-electron chi connectivity index (χ0n) is 10.6. The van der Waals surface area contributed by atoms with Crippen LogP contribution in [0.2, 0.25) is 0 Å². The van der Waals surface area contributed by atoms with E-state index in [-0.39, 0.29) is 6.04 Å². The molecule has 0 spiro atoms. The Kier molecular flexibility index (Phi) is 3.75. The van der Waals surface area contributed by atoms with E-state index in [1.165, 1.54) is 10.8 Å². The van der Waals surface area contributed by atoms with E-state index in [4.69, 9.17) is 5.73 Å². The van der Waals surface area contributed by atoms with Gasteiger partial charge in [0.05, 0.1) is 5.69 Å². The summed E-state index contributed by atoms with van der Waals surface area (Å²) in [5.74, 6) is 0.691. The van der Waals surface area contributed by atoms with Gasteiger partial charge in [-0.15, -0.1) is 0 Å². The summed E-state index contributed by atoms with van der Waals surface area (Å²) in [6, 6.07) is 10.4. The molecule has 1 aromatic heterocycles. The molecule has 1 unspecified atom stereocenters. The van der Waals surface area contributed by atoms with Crippen molar-refractivity contribution in [3.05, 3.63) is 42.2 Å². The summed E-state index contributed by atoms with van der Waals surface area (Å²) in [7, 11) is 0. The van der Waals surface area contributed by atoms with Crippen LogP contribution in [0.15, 0.2) is 36.5 Å². The van der Waals surface area contributed by atoms with Gasteiger partial charge in [0.15, 0.2) is 0 Å². The van der Waals surface area contributed by atoms with Crippen molar-refractivity contribution in [1.82, 2.24) is 4.98 Å². The minimum Gasteiger partial charge on any atom is -0.323 e. The van der Waals surface area contributed by atoms with E-state index in [0.717, 1.165) is 18.5 Å². The number of hydrogen-bond donors (Lipinski definition) is 1. The number of aromatic nitrogens is 1. The number of benzene rings is 1. The third-order valence-corrected chi connectivity index (χ3v) is 3.11. The largest absolute Gasteiger partial charge is 0.323 e. The lowest BCUT2D eigenvalue weighted by Gasteiger charge is -2.14. The molecule has 0 radical (unpaired) electrons. The van der Waals surface area contributed by atoms with Crippen molar-refractivity contribution in [1.29, 1.82) is 0 Å². The second-order valence-corrected chi connectivity index (χ2v) is 5.00. The molecular formula is C15H20N2. The lowest BCUT2D eigenvalue weighted by Crippen LogP contribution is -2.13. The van der Waals surface area contributed by atoms with Crippen LogP contribution in [0, 0.1) is 5.92 Å². The number of hydrogen-bond acceptors (Lipinski definition) is 2. The molecule has 0 aliphatic rings. The molecule has 0 bridgehead atoms. The number of nitrogens with zero attached hydrogens (tertiary/aromatic N) is 1. The van der Waals surface area contributed by atoms with Gasteiger partial charge in [-0.3, -0.25) is 4.98 Å². The van der Waals surface area contributed by atoms with Crippen LogP contribution < -0.4 is 5.73 Å². The minimum atomic E-state index is 0.0449. The molecule has 0 aliphatic carbocycles. The van der Waals surface area contributed by atoms with E-state index >= 15 is 0 Å². The van der Waals surface area contributed by atoms with Crippen molar-refractivity contribution >= 4 is 10.8 Å². The van der Waals surface area contributed by atoms with Gasteiger partial charge < -0.3 is 5.73 Å². The van der Waals surface area contributed by atoms with Crippen molar-refractivity contribution in [3.63, 3.8) is 0 Å². The number of rotatable bonds is 4. The Morgan fingerprint density at radius 2 is 1.88 bits per heavy atom. The monoisotopic (exact) mass is 228 g/mol. The van der Waals surface area contributed by atoms with Gasteiger partial charge in [0.1, 0.15) is 0 Å². The maximum atomic E-state index is 6.25. The second-order valence-electron chi connectivity index (χ2n) is 5.00.